The fourth-order valence-corrected chi connectivity index (χ4v) is 1.54. The lowest BCUT2D eigenvalue weighted by molar-refractivity contribution is -0.150. The van der Waals surface area contributed by atoms with Crippen LogP contribution in [0.1, 0.15) is 6.42 Å². The van der Waals surface area contributed by atoms with Gasteiger partial charge in [-0.3, -0.25) is 4.79 Å². The van der Waals surface area contributed by atoms with Crippen LogP contribution < -0.4 is 0 Å². The SMILES string of the molecule is O=C1CC2C=CC=CC2CO1. The molecule has 0 aromatic rings. The fraction of sp³-hybridized carbons (Fsp3) is 0.444. The molecule has 2 aliphatic rings. The minimum atomic E-state index is -0.0637. The lowest BCUT2D eigenvalue weighted by Gasteiger charge is -2.27. The van der Waals surface area contributed by atoms with E-state index in [0.717, 1.165) is 0 Å². The van der Waals surface area contributed by atoms with Gasteiger partial charge >= 0.3 is 5.97 Å². The summed E-state index contributed by atoms with van der Waals surface area (Å²) < 4.78 is 4.92. The van der Waals surface area contributed by atoms with Gasteiger partial charge in [0, 0.05) is 5.92 Å². The van der Waals surface area contributed by atoms with Crippen molar-refractivity contribution < 1.29 is 9.53 Å². The van der Waals surface area contributed by atoms with Crippen LogP contribution >= 0.6 is 0 Å². The minimum Gasteiger partial charge on any atom is -0.465 e. The van der Waals surface area contributed by atoms with E-state index in [9.17, 15) is 4.79 Å². The number of fused-ring (bicyclic) bond motifs is 1. The maximum Gasteiger partial charge on any atom is 0.306 e. The molecule has 0 radical (unpaired) electrons. The molecule has 58 valence electrons. The summed E-state index contributed by atoms with van der Waals surface area (Å²) in [5.41, 5.74) is 0. The molecule has 1 aliphatic heterocycles. The zero-order chi connectivity index (χ0) is 7.68. The van der Waals surface area contributed by atoms with Gasteiger partial charge in [-0.25, -0.2) is 0 Å². The van der Waals surface area contributed by atoms with Crippen molar-refractivity contribution >= 4 is 5.97 Å². The highest BCUT2D eigenvalue weighted by molar-refractivity contribution is 5.71. The molecule has 2 heteroatoms. The molecule has 2 unspecified atom stereocenters. The highest BCUT2D eigenvalue weighted by Crippen LogP contribution is 2.27. The number of hydrogen-bond acceptors (Lipinski definition) is 2. The molecule has 1 fully saturated rings. The van der Waals surface area contributed by atoms with Gasteiger partial charge in [-0.2, -0.15) is 0 Å². The molecule has 1 aliphatic carbocycles. The Labute approximate surface area is 65.5 Å². The second kappa shape index (κ2) is 2.53. The van der Waals surface area contributed by atoms with Gasteiger partial charge in [0.25, 0.3) is 0 Å². The van der Waals surface area contributed by atoms with E-state index in [1.165, 1.54) is 0 Å². The predicted molar refractivity (Wildman–Crippen MR) is 40.8 cm³/mol. The molecule has 0 aromatic carbocycles. The Balaban J connectivity index is 2.12. The molecule has 2 rings (SSSR count). The van der Waals surface area contributed by atoms with E-state index in [1.807, 2.05) is 12.2 Å². The van der Waals surface area contributed by atoms with Crippen molar-refractivity contribution in [2.75, 3.05) is 6.61 Å². The maximum absolute atomic E-state index is 10.8. The van der Waals surface area contributed by atoms with Gasteiger partial charge in [-0.1, -0.05) is 24.3 Å². The summed E-state index contributed by atoms with van der Waals surface area (Å²) in [7, 11) is 0. The highest BCUT2D eigenvalue weighted by atomic mass is 16.5. The molecule has 2 atom stereocenters. The third-order valence-corrected chi connectivity index (χ3v) is 2.22. The van der Waals surface area contributed by atoms with Crippen molar-refractivity contribution in [3.63, 3.8) is 0 Å². The average molecular weight is 150 g/mol. The van der Waals surface area contributed by atoms with Crippen LogP contribution in [-0.2, 0) is 9.53 Å². The summed E-state index contributed by atoms with van der Waals surface area (Å²) in [6.07, 6.45) is 8.76. The van der Waals surface area contributed by atoms with Crippen LogP contribution in [0.5, 0.6) is 0 Å². The van der Waals surface area contributed by atoms with E-state index in [2.05, 4.69) is 12.2 Å². The molecular formula is C9H10O2. The zero-order valence-corrected chi connectivity index (χ0v) is 6.19. The number of cyclic esters (lactones) is 1. The van der Waals surface area contributed by atoms with E-state index in [-0.39, 0.29) is 5.97 Å². The zero-order valence-electron chi connectivity index (χ0n) is 6.19. The maximum atomic E-state index is 10.8. The topological polar surface area (TPSA) is 26.3 Å². The van der Waals surface area contributed by atoms with Crippen molar-refractivity contribution in [2.45, 2.75) is 6.42 Å². The first-order valence-electron chi connectivity index (χ1n) is 3.87. The van der Waals surface area contributed by atoms with Gasteiger partial charge in [0.1, 0.15) is 0 Å². The predicted octanol–water partition coefficient (Wildman–Crippen LogP) is 1.29. The summed E-state index contributed by atoms with van der Waals surface area (Å²) in [4.78, 5) is 10.8. The quantitative estimate of drug-likeness (QED) is 0.486. The number of esters is 1. The normalized spacial score (nSPS) is 34.7. The van der Waals surface area contributed by atoms with Gasteiger partial charge in [0.15, 0.2) is 0 Å². The summed E-state index contributed by atoms with van der Waals surface area (Å²) in [6.45, 7) is 0.560. The van der Waals surface area contributed by atoms with Crippen LogP contribution in [0.25, 0.3) is 0 Å². The van der Waals surface area contributed by atoms with Crippen LogP contribution in [0.3, 0.4) is 0 Å². The van der Waals surface area contributed by atoms with Crippen LogP contribution in [-0.4, -0.2) is 12.6 Å². The molecule has 0 bridgehead atoms. The first-order chi connectivity index (χ1) is 5.36. The summed E-state index contributed by atoms with van der Waals surface area (Å²) in [6, 6.07) is 0. The molecule has 11 heavy (non-hydrogen) atoms. The van der Waals surface area contributed by atoms with Crippen LogP contribution in [0, 0.1) is 11.8 Å². The van der Waals surface area contributed by atoms with E-state index in [0.29, 0.717) is 24.9 Å². The number of rotatable bonds is 0. The van der Waals surface area contributed by atoms with E-state index in [4.69, 9.17) is 4.74 Å². The van der Waals surface area contributed by atoms with Crippen molar-refractivity contribution in [2.24, 2.45) is 11.8 Å². The molecule has 0 N–H and O–H groups in total. The second-order valence-electron chi connectivity index (χ2n) is 2.98. The molecule has 2 nitrogen and oxygen atoms in total. The molecule has 0 amide bonds. The van der Waals surface area contributed by atoms with Crippen LogP contribution in [0.4, 0.5) is 0 Å². The van der Waals surface area contributed by atoms with Gasteiger partial charge in [-0.05, 0) is 5.92 Å². The number of ether oxygens (including phenoxy) is 1. The number of hydrogen-bond donors (Lipinski definition) is 0. The Hall–Kier alpha value is -1.05. The molecule has 1 heterocycles. The van der Waals surface area contributed by atoms with Gasteiger partial charge < -0.3 is 4.74 Å². The van der Waals surface area contributed by atoms with Gasteiger partial charge in [0.05, 0.1) is 13.0 Å². The Morgan fingerprint density at radius 1 is 1.27 bits per heavy atom. The van der Waals surface area contributed by atoms with E-state index >= 15 is 0 Å². The van der Waals surface area contributed by atoms with Crippen LogP contribution in [0.2, 0.25) is 0 Å². The number of allylic oxidation sites excluding steroid dienone is 3. The minimum absolute atomic E-state index is 0.0637. The molecule has 0 spiro atoms. The lowest BCUT2D eigenvalue weighted by atomic mass is 9.85. The molecule has 0 saturated carbocycles. The fourth-order valence-electron chi connectivity index (χ4n) is 1.54. The van der Waals surface area contributed by atoms with Crippen molar-refractivity contribution in [3.8, 4) is 0 Å². The van der Waals surface area contributed by atoms with Crippen molar-refractivity contribution in [3.05, 3.63) is 24.3 Å². The van der Waals surface area contributed by atoms with E-state index < -0.39 is 0 Å². The average Bonchev–Trinajstić information content (AvgIpc) is 2.04. The summed E-state index contributed by atoms with van der Waals surface area (Å²) >= 11 is 0. The second-order valence-corrected chi connectivity index (χ2v) is 2.98. The largest absolute Gasteiger partial charge is 0.465 e. The molecule has 0 aromatic heterocycles. The van der Waals surface area contributed by atoms with Crippen LogP contribution in [0.15, 0.2) is 24.3 Å². The Kier molecular flexibility index (Phi) is 1.53. The van der Waals surface area contributed by atoms with Crippen molar-refractivity contribution in [1.29, 1.82) is 0 Å². The van der Waals surface area contributed by atoms with E-state index in [1.54, 1.807) is 0 Å². The smallest absolute Gasteiger partial charge is 0.306 e. The van der Waals surface area contributed by atoms with Crippen molar-refractivity contribution in [1.82, 2.24) is 0 Å². The van der Waals surface area contributed by atoms with Gasteiger partial charge in [0.2, 0.25) is 0 Å². The molecular weight excluding hydrogens is 140 g/mol. The number of carbonyl (C=O) groups is 1. The first-order valence-corrected chi connectivity index (χ1v) is 3.87. The molecule has 1 saturated heterocycles. The Bertz CT molecular complexity index is 228. The third-order valence-electron chi connectivity index (χ3n) is 2.22. The Morgan fingerprint density at radius 3 is 2.82 bits per heavy atom. The number of carbonyl (C=O) groups excluding carboxylic acids is 1. The monoisotopic (exact) mass is 150 g/mol. The summed E-state index contributed by atoms with van der Waals surface area (Å²) in [5.74, 6) is 0.755. The third kappa shape index (κ3) is 1.20. The highest BCUT2D eigenvalue weighted by Gasteiger charge is 2.27. The summed E-state index contributed by atoms with van der Waals surface area (Å²) in [5, 5.41) is 0. The standard InChI is InChI=1S/C9H10O2/c10-9-5-7-3-1-2-4-8(7)6-11-9/h1-4,7-8H,5-6H2. The lowest BCUT2D eigenvalue weighted by Crippen LogP contribution is -2.29. The van der Waals surface area contributed by atoms with Gasteiger partial charge in [-0.15, -0.1) is 0 Å². The Morgan fingerprint density at radius 2 is 2.00 bits per heavy atom. The first kappa shape index (κ1) is 6.65.